The van der Waals surface area contributed by atoms with E-state index in [1.54, 1.807) is 6.92 Å². The first-order valence-corrected chi connectivity index (χ1v) is 8.68. The number of hydrogen-bond donors (Lipinski definition) is 3. The van der Waals surface area contributed by atoms with Crippen LogP contribution in [0.1, 0.15) is 47.0 Å². The van der Waals surface area contributed by atoms with Crippen molar-refractivity contribution in [1.29, 1.82) is 0 Å². The molecule has 0 radical (unpaired) electrons. The molecule has 1 unspecified atom stereocenters. The van der Waals surface area contributed by atoms with Gasteiger partial charge in [0.25, 0.3) is 0 Å². The molecule has 0 heterocycles. The van der Waals surface area contributed by atoms with Crippen molar-refractivity contribution in [3.8, 4) is 0 Å². The van der Waals surface area contributed by atoms with E-state index in [1.807, 2.05) is 6.92 Å². The average Bonchev–Trinajstić information content (AvgIpc) is 2.97. The second-order valence-corrected chi connectivity index (χ2v) is 6.19. The lowest BCUT2D eigenvalue weighted by Crippen LogP contribution is -2.44. The van der Waals surface area contributed by atoms with Gasteiger partial charge in [-0.15, -0.1) is 0 Å². The SMILES string of the molecule is CCNC(=NCC(CC(C)C)NC(=O)OCC)NC1CC=CC1. The van der Waals surface area contributed by atoms with Crippen LogP contribution in [0.5, 0.6) is 0 Å². The summed E-state index contributed by atoms with van der Waals surface area (Å²) < 4.78 is 4.98. The molecule has 0 aromatic rings. The molecule has 1 rings (SSSR count). The standard InChI is InChI=1S/C17H32N4O2/c1-5-18-16(20-14-9-7-8-10-14)19-12-15(11-13(3)4)21-17(22)23-6-2/h7-8,13-15H,5-6,9-12H2,1-4H3,(H,21,22)(H2,18,19,20). The molecule has 1 aliphatic rings. The summed E-state index contributed by atoms with van der Waals surface area (Å²) in [7, 11) is 0. The number of carbonyl (C=O) groups excluding carboxylic acids is 1. The van der Waals surface area contributed by atoms with Crippen LogP contribution in [0.15, 0.2) is 17.1 Å². The predicted molar refractivity (Wildman–Crippen MR) is 94.7 cm³/mol. The Morgan fingerprint density at radius 1 is 1.30 bits per heavy atom. The summed E-state index contributed by atoms with van der Waals surface area (Å²) in [6.45, 7) is 9.85. The summed E-state index contributed by atoms with van der Waals surface area (Å²) in [5.74, 6) is 1.28. The van der Waals surface area contributed by atoms with Gasteiger partial charge in [-0.05, 0) is 39.0 Å². The van der Waals surface area contributed by atoms with Crippen molar-refractivity contribution in [2.24, 2.45) is 10.9 Å². The molecular formula is C17H32N4O2. The van der Waals surface area contributed by atoms with Crippen molar-refractivity contribution < 1.29 is 9.53 Å². The van der Waals surface area contributed by atoms with Crippen LogP contribution in [0, 0.1) is 5.92 Å². The van der Waals surface area contributed by atoms with Crippen molar-refractivity contribution in [1.82, 2.24) is 16.0 Å². The van der Waals surface area contributed by atoms with E-state index in [0.29, 0.717) is 25.1 Å². The Labute approximate surface area is 140 Å². The highest BCUT2D eigenvalue weighted by molar-refractivity contribution is 5.80. The second kappa shape index (κ2) is 10.9. The molecule has 0 bridgehead atoms. The lowest BCUT2D eigenvalue weighted by atomic mass is 10.0. The number of guanidine groups is 1. The fraction of sp³-hybridized carbons (Fsp3) is 0.765. The molecule has 6 heteroatoms. The third-order valence-corrected chi connectivity index (χ3v) is 3.52. The van der Waals surface area contributed by atoms with E-state index < -0.39 is 0 Å². The quantitative estimate of drug-likeness (QED) is 0.364. The molecule has 3 N–H and O–H groups in total. The molecule has 0 saturated heterocycles. The van der Waals surface area contributed by atoms with Gasteiger partial charge in [-0.25, -0.2) is 4.79 Å². The van der Waals surface area contributed by atoms with Gasteiger partial charge in [0.15, 0.2) is 5.96 Å². The highest BCUT2D eigenvalue weighted by Crippen LogP contribution is 2.09. The number of hydrogen-bond acceptors (Lipinski definition) is 3. The van der Waals surface area contributed by atoms with Crippen LogP contribution in [-0.4, -0.2) is 43.8 Å². The number of rotatable bonds is 8. The monoisotopic (exact) mass is 324 g/mol. The molecule has 0 aromatic heterocycles. The zero-order chi connectivity index (χ0) is 17.1. The maximum Gasteiger partial charge on any atom is 0.407 e. The van der Waals surface area contributed by atoms with Crippen molar-refractivity contribution in [2.45, 2.75) is 59.0 Å². The topological polar surface area (TPSA) is 74.8 Å². The zero-order valence-corrected chi connectivity index (χ0v) is 14.9. The lowest BCUT2D eigenvalue weighted by Gasteiger charge is -2.21. The number of alkyl carbamates (subject to hydrolysis) is 1. The van der Waals surface area contributed by atoms with Crippen molar-refractivity contribution in [3.05, 3.63) is 12.2 Å². The molecule has 1 amide bonds. The summed E-state index contributed by atoms with van der Waals surface area (Å²) in [4.78, 5) is 16.3. The molecule has 0 spiro atoms. The van der Waals surface area contributed by atoms with Gasteiger partial charge in [0.1, 0.15) is 0 Å². The molecule has 1 atom stereocenters. The Morgan fingerprint density at radius 2 is 2.00 bits per heavy atom. The first-order chi connectivity index (χ1) is 11.0. The molecule has 0 aromatic carbocycles. The minimum absolute atomic E-state index is 0.0220. The van der Waals surface area contributed by atoms with Crippen LogP contribution in [0.3, 0.4) is 0 Å². The van der Waals surface area contributed by atoms with Crippen molar-refractivity contribution >= 4 is 12.1 Å². The molecule has 0 aliphatic heterocycles. The van der Waals surface area contributed by atoms with E-state index in [0.717, 1.165) is 31.8 Å². The number of aliphatic imine (C=N–C) groups is 1. The minimum Gasteiger partial charge on any atom is -0.450 e. The Kier molecular flexibility index (Phi) is 9.17. The van der Waals surface area contributed by atoms with Gasteiger partial charge in [0.05, 0.1) is 19.2 Å². The van der Waals surface area contributed by atoms with Crippen LogP contribution in [0.2, 0.25) is 0 Å². The van der Waals surface area contributed by atoms with Crippen molar-refractivity contribution in [2.75, 3.05) is 19.7 Å². The van der Waals surface area contributed by atoms with Crippen LogP contribution >= 0.6 is 0 Å². The number of nitrogens with zero attached hydrogens (tertiary/aromatic N) is 1. The van der Waals surface area contributed by atoms with Crippen LogP contribution in [0.4, 0.5) is 4.79 Å². The number of nitrogens with one attached hydrogen (secondary N) is 3. The van der Waals surface area contributed by atoms with Crippen LogP contribution < -0.4 is 16.0 Å². The molecule has 1 aliphatic carbocycles. The number of carbonyl (C=O) groups is 1. The smallest absolute Gasteiger partial charge is 0.407 e. The fourth-order valence-corrected chi connectivity index (χ4v) is 2.54. The van der Waals surface area contributed by atoms with E-state index in [-0.39, 0.29) is 12.1 Å². The Balaban J connectivity index is 2.59. The van der Waals surface area contributed by atoms with Gasteiger partial charge in [0.2, 0.25) is 0 Å². The molecule has 132 valence electrons. The minimum atomic E-state index is -0.369. The molecule has 23 heavy (non-hydrogen) atoms. The van der Waals surface area contributed by atoms with Crippen molar-refractivity contribution in [3.63, 3.8) is 0 Å². The lowest BCUT2D eigenvalue weighted by molar-refractivity contribution is 0.147. The number of amides is 1. The third-order valence-electron chi connectivity index (χ3n) is 3.52. The predicted octanol–water partition coefficient (Wildman–Crippen LogP) is 2.42. The first-order valence-electron chi connectivity index (χ1n) is 8.68. The molecule has 0 saturated carbocycles. The zero-order valence-electron chi connectivity index (χ0n) is 14.9. The van der Waals surface area contributed by atoms with Gasteiger partial charge in [-0.2, -0.15) is 0 Å². The van der Waals surface area contributed by atoms with Crippen LogP contribution in [-0.2, 0) is 4.74 Å². The second-order valence-electron chi connectivity index (χ2n) is 6.19. The van der Waals surface area contributed by atoms with Gasteiger partial charge < -0.3 is 20.7 Å². The third kappa shape index (κ3) is 8.47. The number of ether oxygens (including phenoxy) is 1. The highest BCUT2D eigenvalue weighted by atomic mass is 16.5. The first kappa shape index (κ1) is 19.3. The van der Waals surface area contributed by atoms with E-state index in [9.17, 15) is 4.79 Å². The maximum atomic E-state index is 11.7. The van der Waals surface area contributed by atoms with Crippen LogP contribution in [0.25, 0.3) is 0 Å². The summed E-state index contributed by atoms with van der Waals surface area (Å²) >= 11 is 0. The van der Waals surface area contributed by atoms with E-state index in [1.165, 1.54) is 0 Å². The molecule has 6 nitrogen and oxygen atoms in total. The molecule has 0 fully saturated rings. The van der Waals surface area contributed by atoms with Gasteiger partial charge in [0, 0.05) is 12.6 Å². The Bertz CT molecular complexity index is 399. The summed E-state index contributed by atoms with van der Waals surface area (Å²) in [6.07, 6.45) is 6.93. The van der Waals surface area contributed by atoms with E-state index in [4.69, 9.17) is 4.74 Å². The van der Waals surface area contributed by atoms with E-state index in [2.05, 4.69) is 46.9 Å². The van der Waals surface area contributed by atoms with Gasteiger partial charge >= 0.3 is 6.09 Å². The Morgan fingerprint density at radius 3 is 2.57 bits per heavy atom. The average molecular weight is 324 g/mol. The summed E-state index contributed by atoms with van der Waals surface area (Å²) in [6, 6.07) is 0.389. The largest absolute Gasteiger partial charge is 0.450 e. The fourth-order valence-electron chi connectivity index (χ4n) is 2.54. The van der Waals surface area contributed by atoms with Gasteiger partial charge in [-0.3, -0.25) is 4.99 Å². The molecular weight excluding hydrogens is 292 g/mol. The maximum absolute atomic E-state index is 11.7. The van der Waals surface area contributed by atoms with E-state index >= 15 is 0 Å². The highest BCUT2D eigenvalue weighted by Gasteiger charge is 2.16. The normalized spacial score (nSPS) is 16.5. The van der Waals surface area contributed by atoms with Gasteiger partial charge in [-0.1, -0.05) is 26.0 Å². The Hall–Kier alpha value is -1.72. The summed E-state index contributed by atoms with van der Waals surface area (Å²) in [5, 5.41) is 9.60. The summed E-state index contributed by atoms with van der Waals surface area (Å²) in [5.41, 5.74) is 0.